The number of rotatable bonds is 5. The van der Waals surface area contributed by atoms with Gasteiger partial charge in [0.05, 0.1) is 5.69 Å². The highest BCUT2D eigenvalue weighted by atomic mass is 15.3. The smallest absolute Gasteiger partial charge is 0.0544 e. The van der Waals surface area contributed by atoms with E-state index in [4.69, 9.17) is 0 Å². The summed E-state index contributed by atoms with van der Waals surface area (Å²) in [5.41, 5.74) is 1.48. The highest BCUT2D eigenvalue weighted by molar-refractivity contribution is 5.05. The Hall–Kier alpha value is -0.930. The number of piperazine rings is 1. The van der Waals surface area contributed by atoms with Crippen molar-refractivity contribution in [3.8, 4) is 0 Å². The SMILES string of the molecule is CCC1CNC(CC)(CC)CN1Cc1ccccn1. The van der Waals surface area contributed by atoms with Gasteiger partial charge in [0.25, 0.3) is 0 Å². The van der Waals surface area contributed by atoms with Crippen LogP contribution in [0.25, 0.3) is 0 Å². The molecule has 1 aliphatic heterocycles. The first-order valence-corrected chi connectivity index (χ1v) is 7.62. The van der Waals surface area contributed by atoms with Crippen molar-refractivity contribution in [2.75, 3.05) is 13.1 Å². The lowest BCUT2D eigenvalue weighted by Gasteiger charge is -2.47. The minimum Gasteiger partial charge on any atom is -0.308 e. The lowest BCUT2D eigenvalue weighted by atomic mass is 9.88. The van der Waals surface area contributed by atoms with E-state index in [1.807, 2.05) is 12.3 Å². The highest BCUT2D eigenvalue weighted by Gasteiger charge is 2.35. The van der Waals surface area contributed by atoms with Gasteiger partial charge in [0.1, 0.15) is 0 Å². The Bertz CT molecular complexity index is 373. The first kappa shape index (κ1) is 14.5. The van der Waals surface area contributed by atoms with Crippen LogP contribution in [0.1, 0.15) is 45.7 Å². The van der Waals surface area contributed by atoms with Gasteiger partial charge in [-0.05, 0) is 31.4 Å². The van der Waals surface area contributed by atoms with E-state index in [0.29, 0.717) is 11.6 Å². The van der Waals surface area contributed by atoms with Gasteiger partial charge >= 0.3 is 0 Å². The second kappa shape index (κ2) is 6.49. The number of hydrogen-bond acceptors (Lipinski definition) is 3. The van der Waals surface area contributed by atoms with Crippen LogP contribution < -0.4 is 5.32 Å². The molecule has 1 saturated heterocycles. The van der Waals surface area contributed by atoms with Gasteiger partial charge in [-0.1, -0.05) is 26.8 Å². The molecule has 0 radical (unpaired) electrons. The Morgan fingerprint density at radius 3 is 2.68 bits per heavy atom. The quantitative estimate of drug-likeness (QED) is 0.883. The Labute approximate surface area is 117 Å². The fourth-order valence-corrected chi connectivity index (χ4v) is 3.05. The van der Waals surface area contributed by atoms with Crippen molar-refractivity contribution < 1.29 is 0 Å². The molecule has 0 amide bonds. The summed E-state index contributed by atoms with van der Waals surface area (Å²) < 4.78 is 0. The van der Waals surface area contributed by atoms with Crippen molar-refractivity contribution in [1.82, 2.24) is 15.2 Å². The normalized spacial score (nSPS) is 23.4. The predicted octanol–water partition coefficient (Wildman–Crippen LogP) is 2.82. The Morgan fingerprint density at radius 2 is 2.11 bits per heavy atom. The van der Waals surface area contributed by atoms with Gasteiger partial charge in [-0.25, -0.2) is 0 Å². The molecular weight excluding hydrogens is 234 g/mol. The summed E-state index contributed by atoms with van der Waals surface area (Å²) in [7, 11) is 0. The molecule has 1 aliphatic rings. The molecule has 0 saturated carbocycles. The van der Waals surface area contributed by atoms with Crippen molar-refractivity contribution in [1.29, 1.82) is 0 Å². The highest BCUT2D eigenvalue weighted by Crippen LogP contribution is 2.24. The summed E-state index contributed by atoms with van der Waals surface area (Å²) in [6, 6.07) is 6.83. The molecule has 106 valence electrons. The fourth-order valence-electron chi connectivity index (χ4n) is 3.05. The zero-order valence-corrected chi connectivity index (χ0v) is 12.5. The van der Waals surface area contributed by atoms with E-state index in [1.165, 1.54) is 25.0 Å². The van der Waals surface area contributed by atoms with Crippen LogP contribution in [-0.4, -0.2) is 34.6 Å². The average Bonchev–Trinajstić information content (AvgIpc) is 2.48. The lowest BCUT2D eigenvalue weighted by Crippen LogP contribution is -2.63. The van der Waals surface area contributed by atoms with E-state index in [9.17, 15) is 0 Å². The second-order valence-corrected chi connectivity index (χ2v) is 5.66. The molecule has 0 spiro atoms. The largest absolute Gasteiger partial charge is 0.308 e. The Morgan fingerprint density at radius 1 is 1.32 bits per heavy atom. The third kappa shape index (κ3) is 3.34. The van der Waals surface area contributed by atoms with Crippen molar-refractivity contribution >= 4 is 0 Å². The van der Waals surface area contributed by atoms with Crippen LogP contribution in [0.2, 0.25) is 0 Å². The lowest BCUT2D eigenvalue weighted by molar-refractivity contribution is 0.0633. The maximum atomic E-state index is 4.48. The van der Waals surface area contributed by atoms with E-state index in [1.54, 1.807) is 0 Å². The maximum Gasteiger partial charge on any atom is 0.0544 e. The zero-order chi connectivity index (χ0) is 13.7. The standard InChI is InChI=1S/C16H27N3/c1-4-15-11-18-16(5-2,6-3)13-19(15)12-14-9-7-8-10-17-14/h7-10,15,18H,4-6,11-13H2,1-3H3. The minimum absolute atomic E-state index is 0.292. The topological polar surface area (TPSA) is 28.2 Å². The van der Waals surface area contributed by atoms with Crippen LogP contribution in [0.15, 0.2) is 24.4 Å². The monoisotopic (exact) mass is 261 g/mol. The maximum absolute atomic E-state index is 4.48. The zero-order valence-electron chi connectivity index (χ0n) is 12.5. The third-order valence-electron chi connectivity index (χ3n) is 4.65. The van der Waals surface area contributed by atoms with Gasteiger partial charge in [-0.3, -0.25) is 9.88 Å². The third-order valence-corrected chi connectivity index (χ3v) is 4.65. The summed E-state index contributed by atoms with van der Waals surface area (Å²) in [6.07, 6.45) is 5.48. The van der Waals surface area contributed by atoms with Gasteiger partial charge in [-0.2, -0.15) is 0 Å². The van der Waals surface area contributed by atoms with Crippen molar-refractivity contribution in [3.63, 3.8) is 0 Å². The number of nitrogens with zero attached hydrogens (tertiary/aromatic N) is 2. The first-order valence-electron chi connectivity index (χ1n) is 7.62. The Kier molecular flexibility index (Phi) is 4.94. The molecule has 1 N–H and O–H groups in total. The second-order valence-electron chi connectivity index (χ2n) is 5.66. The molecule has 19 heavy (non-hydrogen) atoms. The molecule has 0 bridgehead atoms. The van der Waals surface area contributed by atoms with Gasteiger partial charge in [0.15, 0.2) is 0 Å². The van der Waals surface area contributed by atoms with E-state index in [2.05, 4.69) is 48.1 Å². The van der Waals surface area contributed by atoms with Crippen LogP contribution >= 0.6 is 0 Å². The molecule has 0 aliphatic carbocycles. The molecule has 1 aromatic heterocycles. The fraction of sp³-hybridized carbons (Fsp3) is 0.688. The number of nitrogens with one attached hydrogen (secondary N) is 1. The van der Waals surface area contributed by atoms with Crippen molar-refractivity contribution in [2.45, 2.75) is 58.2 Å². The molecule has 1 fully saturated rings. The van der Waals surface area contributed by atoms with E-state index >= 15 is 0 Å². The van der Waals surface area contributed by atoms with Gasteiger partial charge in [0, 0.05) is 37.4 Å². The summed E-state index contributed by atoms with van der Waals surface area (Å²) in [5.74, 6) is 0. The van der Waals surface area contributed by atoms with Crippen LogP contribution in [-0.2, 0) is 6.54 Å². The number of pyridine rings is 1. The summed E-state index contributed by atoms with van der Waals surface area (Å²) in [5, 5.41) is 3.79. The van der Waals surface area contributed by atoms with Gasteiger partial charge in [0.2, 0.25) is 0 Å². The van der Waals surface area contributed by atoms with Crippen LogP contribution in [0, 0.1) is 0 Å². The van der Waals surface area contributed by atoms with Crippen LogP contribution in [0.3, 0.4) is 0 Å². The molecule has 1 unspecified atom stereocenters. The van der Waals surface area contributed by atoms with Gasteiger partial charge < -0.3 is 5.32 Å². The molecule has 1 atom stereocenters. The summed E-state index contributed by atoms with van der Waals surface area (Å²) in [6.45, 7) is 10.1. The first-order chi connectivity index (χ1) is 9.23. The van der Waals surface area contributed by atoms with Crippen LogP contribution in [0.5, 0.6) is 0 Å². The van der Waals surface area contributed by atoms with E-state index in [0.717, 1.165) is 19.6 Å². The molecule has 2 heterocycles. The molecule has 0 aromatic carbocycles. The predicted molar refractivity (Wildman–Crippen MR) is 80.0 cm³/mol. The Balaban J connectivity index is 2.10. The van der Waals surface area contributed by atoms with E-state index in [-0.39, 0.29) is 0 Å². The minimum atomic E-state index is 0.292. The van der Waals surface area contributed by atoms with Crippen LogP contribution in [0.4, 0.5) is 0 Å². The number of hydrogen-bond donors (Lipinski definition) is 1. The summed E-state index contributed by atoms with van der Waals surface area (Å²) >= 11 is 0. The van der Waals surface area contributed by atoms with Crippen molar-refractivity contribution in [3.05, 3.63) is 30.1 Å². The molecule has 3 heteroatoms. The average molecular weight is 261 g/mol. The van der Waals surface area contributed by atoms with Gasteiger partial charge in [-0.15, -0.1) is 0 Å². The van der Waals surface area contributed by atoms with Crippen molar-refractivity contribution in [2.24, 2.45) is 0 Å². The van der Waals surface area contributed by atoms with E-state index < -0.39 is 0 Å². The molecule has 1 aromatic rings. The molecular formula is C16H27N3. The molecule has 2 rings (SSSR count). The number of aromatic nitrogens is 1. The summed E-state index contributed by atoms with van der Waals surface area (Å²) in [4.78, 5) is 7.10. The molecule has 3 nitrogen and oxygen atoms in total.